The van der Waals surface area contributed by atoms with Crippen LogP contribution in [-0.2, 0) is 0 Å². The fraction of sp³-hybridized carbons (Fsp3) is 0. The molecule has 25 heavy (non-hydrogen) atoms. The first-order valence-corrected chi connectivity index (χ1v) is 7.57. The highest BCUT2D eigenvalue weighted by atomic mass is 35.5. The number of amides is 2. The molecule has 0 heterocycles. The Bertz CT molecular complexity index is 842. The molecule has 128 valence electrons. The SMILES string of the molecule is O=C(NNC(=S)NC(=O)c1ccc([N+](=O)[O-])cc1)c1cccc(Cl)c1. The minimum atomic E-state index is -0.579. The number of benzene rings is 2. The molecule has 2 aromatic carbocycles. The van der Waals surface area contributed by atoms with Gasteiger partial charge in [0.1, 0.15) is 0 Å². The summed E-state index contributed by atoms with van der Waals surface area (Å²) in [5.41, 5.74) is 5.05. The van der Waals surface area contributed by atoms with Crippen molar-refractivity contribution >= 4 is 46.4 Å². The molecule has 0 fully saturated rings. The average molecular weight is 379 g/mol. The van der Waals surface area contributed by atoms with E-state index in [4.69, 9.17) is 23.8 Å². The van der Waals surface area contributed by atoms with Crippen molar-refractivity contribution in [3.63, 3.8) is 0 Å². The zero-order valence-electron chi connectivity index (χ0n) is 12.5. The third-order valence-corrected chi connectivity index (χ3v) is 3.38. The number of rotatable bonds is 3. The van der Waals surface area contributed by atoms with Crippen molar-refractivity contribution in [1.82, 2.24) is 16.2 Å². The minimum absolute atomic E-state index is 0.133. The molecule has 0 spiro atoms. The Morgan fingerprint density at radius 1 is 1.00 bits per heavy atom. The molecule has 0 saturated heterocycles. The van der Waals surface area contributed by atoms with Crippen LogP contribution < -0.4 is 16.2 Å². The highest BCUT2D eigenvalue weighted by Gasteiger charge is 2.11. The Labute approximate surface area is 152 Å². The molecule has 0 aliphatic heterocycles. The summed E-state index contributed by atoms with van der Waals surface area (Å²) in [5.74, 6) is -1.07. The third-order valence-electron chi connectivity index (χ3n) is 2.94. The fourth-order valence-corrected chi connectivity index (χ4v) is 2.09. The van der Waals surface area contributed by atoms with Crippen molar-refractivity contribution in [3.8, 4) is 0 Å². The lowest BCUT2D eigenvalue weighted by Crippen LogP contribution is -2.48. The molecule has 2 rings (SSSR count). The van der Waals surface area contributed by atoms with Gasteiger partial charge in [-0.3, -0.25) is 35.9 Å². The minimum Gasteiger partial charge on any atom is -0.298 e. The van der Waals surface area contributed by atoms with E-state index in [1.807, 2.05) is 0 Å². The first-order valence-electron chi connectivity index (χ1n) is 6.78. The summed E-state index contributed by atoms with van der Waals surface area (Å²) in [6, 6.07) is 11.3. The number of carbonyl (C=O) groups excluding carboxylic acids is 2. The van der Waals surface area contributed by atoms with Crippen LogP contribution in [0.5, 0.6) is 0 Å². The highest BCUT2D eigenvalue weighted by molar-refractivity contribution is 7.80. The molecule has 0 unspecified atom stereocenters. The van der Waals surface area contributed by atoms with Crippen LogP contribution in [0.3, 0.4) is 0 Å². The summed E-state index contributed by atoms with van der Waals surface area (Å²) in [4.78, 5) is 33.8. The molecule has 0 aliphatic carbocycles. The van der Waals surface area contributed by atoms with Crippen LogP contribution in [0.15, 0.2) is 48.5 Å². The van der Waals surface area contributed by atoms with E-state index in [0.717, 1.165) is 0 Å². The lowest BCUT2D eigenvalue weighted by molar-refractivity contribution is -0.384. The smallest absolute Gasteiger partial charge is 0.269 e. The van der Waals surface area contributed by atoms with E-state index in [2.05, 4.69) is 16.2 Å². The van der Waals surface area contributed by atoms with Crippen molar-refractivity contribution in [1.29, 1.82) is 0 Å². The van der Waals surface area contributed by atoms with Gasteiger partial charge >= 0.3 is 0 Å². The van der Waals surface area contributed by atoms with Crippen molar-refractivity contribution in [2.45, 2.75) is 0 Å². The van der Waals surface area contributed by atoms with Gasteiger partial charge in [0.25, 0.3) is 17.5 Å². The Balaban J connectivity index is 1.88. The van der Waals surface area contributed by atoms with Crippen LogP contribution in [-0.4, -0.2) is 21.9 Å². The number of thiocarbonyl (C=S) groups is 1. The summed E-state index contributed by atoms with van der Waals surface area (Å²) in [6.07, 6.45) is 0. The normalized spacial score (nSPS) is 9.80. The lowest BCUT2D eigenvalue weighted by atomic mass is 10.2. The molecule has 0 aromatic heterocycles. The molecule has 2 amide bonds. The predicted molar refractivity (Wildman–Crippen MR) is 95.2 cm³/mol. The molecule has 0 atom stereocenters. The molecule has 0 aliphatic rings. The maximum absolute atomic E-state index is 12.0. The Morgan fingerprint density at radius 3 is 2.28 bits per heavy atom. The second-order valence-corrected chi connectivity index (χ2v) is 5.52. The van der Waals surface area contributed by atoms with Crippen molar-refractivity contribution in [2.75, 3.05) is 0 Å². The number of hydrogen-bond donors (Lipinski definition) is 3. The largest absolute Gasteiger partial charge is 0.298 e. The van der Waals surface area contributed by atoms with Gasteiger partial charge in [0.05, 0.1) is 4.92 Å². The number of hydrazine groups is 1. The first-order chi connectivity index (χ1) is 11.9. The maximum Gasteiger partial charge on any atom is 0.269 e. The Morgan fingerprint density at radius 2 is 1.68 bits per heavy atom. The van der Waals surface area contributed by atoms with Crippen LogP contribution in [0.2, 0.25) is 5.02 Å². The topological polar surface area (TPSA) is 113 Å². The first kappa shape index (κ1) is 18.3. The Hall–Kier alpha value is -3.04. The van der Waals surface area contributed by atoms with Crippen LogP contribution in [0.25, 0.3) is 0 Å². The lowest BCUT2D eigenvalue weighted by Gasteiger charge is -2.11. The highest BCUT2D eigenvalue weighted by Crippen LogP contribution is 2.12. The number of halogens is 1. The third kappa shape index (κ3) is 5.23. The average Bonchev–Trinajstić information content (AvgIpc) is 2.59. The van der Waals surface area contributed by atoms with E-state index in [9.17, 15) is 19.7 Å². The van der Waals surface area contributed by atoms with E-state index in [1.54, 1.807) is 18.2 Å². The van der Waals surface area contributed by atoms with Gasteiger partial charge in [-0.25, -0.2) is 0 Å². The number of nitro groups is 1. The van der Waals surface area contributed by atoms with Crippen LogP contribution >= 0.6 is 23.8 Å². The van der Waals surface area contributed by atoms with E-state index in [1.165, 1.54) is 30.3 Å². The van der Waals surface area contributed by atoms with Crippen molar-refractivity contribution < 1.29 is 14.5 Å². The number of hydrogen-bond acceptors (Lipinski definition) is 5. The second kappa shape index (κ2) is 8.18. The monoisotopic (exact) mass is 378 g/mol. The van der Waals surface area contributed by atoms with E-state index >= 15 is 0 Å². The molecular formula is C15H11ClN4O4S. The van der Waals surface area contributed by atoms with Gasteiger partial charge in [-0.15, -0.1) is 0 Å². The molecule has 0 saturated carbocycles. The molecule has 10 heteroatoms. The zero-order chi connectivity index (χ0) is 18.4. The van der Waals surface area contributed by atoms with E-state index < -0.39 is 16.7 Å². The summed E-state index contributed by atoms with van der Waals surface area (Å²) in [5, 5.41) is 13.2. The summed E-state index contributed by atoms with van der Waals surface area (Å²) in [6.45, 7) is 0. The number of carbonyl (C=O) groups is 2. The molecular weight excluding hydrogens is 368 g/mol. The van der Waals surface area contributed by atoms with Gasteiger partial charge in [0.2, 0.25) is 0 Å². The van der Waals surface area contributed by atoms with Crippen LogP contribution in [0.1, 0.15) is 20.7 Å². The summed E-state index contributed by atoms with van der Waals surface area (Å²) < 4.78 is 0. The van der Waals surface area contributed by atoms with Gasteiger partial charge < -0.3 is 0 Å². The van der Waals surface area contributed by atoms with Gasteiger partial charge in [-0.1, -0.05) is 17.7 Å². The van der Waals surface area contributed by atoms with Crippen molar-refractivity contribution in [2.24, 2.45) is 0 Å². The van der Waals surface area contributed by atoms with E-state index in [0.29, 0.717) is 10.6 Å². The summed E-state index contributed by atoms with van der Waals surface area (Å²) >= 11 is 10.7. The number of non-ortho nitro benzene ring substituents is 1. The van der Waals surface area contributed by atoms with Crippen molar-refractivity contribution in [3.05, 3.63) is 74.8 Å². The van der Waals surface area contributed by atoms with Gasteiger partial charge in [-0.05, 0) is 42.5 Å². The van der Waals surface area contributed by atoms with Crippen LogP contribution in [0.4, 0.5) is 5.69 Å². The molecule has 3 N–H and O–H groups in total. The fourth-order valence-electron chi connectivity index (χ4n) is 1.76. The molecule has 2 aromatic rings. The van der Waals surface area contributed by atoms with Crippen LogP contribution in [0, 0.1) is 10.1 Å². The molecule has 8 nitrogen and oxygen atoms in total. The van der Waals surface area contributed by atoms with Gasteiger partial charge in [0, 0.05) is 28.3 Å². The zero-order valence-corrected chi connectivity index (χ0v) is 14.1. The quantitative estimate of drug-likeness (QED) is 0.428. The number of nitrogens with one attached hydrogen (secondary N) is 3. The summed E-state index contributed by atoms with van der Waals surface area (Å²) in [7, 11) is 0. The van der Waals surface area contributed by atoms with E-state index in [-0.39, 0.29) is 16.4 Å². The standard InChI is InChI=1S/C15H11ClN4O4S/c16-11-3-1-2-10(8-11)14(22)18-19-15(25)17-13(21)9-4-6-12(7-5-9)20(23)24/h1-8H,(H,18,22)(H2,17,19,21,25). The molecule has 0 bridgehead atoms. The predicted octanol–water partition coefficient (Wildman–Crippen LogP) is 2.20. The van der Waals surface area contributed by atoms with Gasteiger partial charge in [0.15, 0.2) is 5.11 Å². The maximum atomic E-state index is 12.0. The Kier molecular flexibility index (Phi) is 5.98. The number of nitro benzene ring substituents is 1. The van der Waals surface area contributed by atoms with Gasteiger partial charge in [-0.2, -0.15) is 0 Å². The number of nitrogens with zero attached hydrogens (tertiary/aromatic N) is 1. The molecule has 0 radical (unpaired) electrons. The second-order valence-electron chi connectivity index (χ2n) is 4.68.